The van der Waals surface area contributed by atoms with E-state index in [1.165, 1.54) is 22.7 Å². The van der Waals surface area contributed by atoms with Gasteiger partial charge in [-0.1, -0.05) is 0 Å². The molecule has 2 aliphatic rings. The molecule has 0 radical (unpaired) electrons. The number of amides is 2. The van der Waals surface area contributed by atoms with Gasteiger partial charge in [0.05, 0.1) is 5.92 Å². The number of carbonyl (C=O) groups excluding carboxylic acids is 2. The summed E-state index contributed by atoms with van der Waals surface area (Å²) in [6, 6.07) is 0.0994. The minimum absolute atomic E-state index is 0.0205. The maximum atomic E-state index is 12.6. The second-order valence-electron chi connectivity index (χ2n) is 6.56. The van der Waals surface area contributed by atoms with Crippen LogP contribution >= 0.6 is 0 Å². The van der Waals surface area contributed by atoms with Crippen LogP contribution in [0.3, 0.4) is 0 Å². The van der Waals surface area contributed by atoms with Crippen molar-refractivity contribution in [3.05, 3.63) is 0 Å². The quantitative estimate of drug-likeness (QED) is 0.667. The van der Waals surface area contributed by atoms with Crippen LogP contribution in [0, 0.1) is 5.92 Å². The molecule has 2 aliphatic heterocycles. The maximum absolute atomic E-state index is 12.6. The topological polar surface area (TPSA) is 81.2 Å². The fourth-order valence-electron chi connectivity index (χ4n) is 3.02. The highest BCUT2D eigenvalue weighted by Gasteiger charge is 2.39. The van der Waals surface area contributed by atoms with E-state index in [0.29, 0.717) is 32.7 Å². The van der Waals surface area contributed by atoms with Gasteiger partial charge in [-0.2, -0.15) is 17.0 Å². The Morgan fingerprint density at radius 3 is 2.17 bits per heavy atom. The summed E-state index contributed by atoms with van der Waals surface area (Å²) in [6.45, 7) is 5.68. The third kappa shape index (κ3) is 3.67. The first kappa shape index (κ1) is 18.2. The number of hydrogen-bond donors (Lipinski definition) is 0. The summed E-state index contributed by atoms with van der Waals surface area (Å²) < 4.78 is 26.7. The molecular weight excluding hydrogens is 320 g/mol. The molecule has 0 aromatic carbocycles. The molecule has 23 heavy (non-hydrogen) atoms. The van der Waals surface area contributed by atoms with Crippen LogP contribution in [-0.4, -0.2) is 91.5 Å². The molecule has 0 saturated carbocycles. The van der Waals surface area contributed by atoms with Crippen molar-refractivity contribution < 1.29 is 18.0 Å². The van der Waals surface area contributed by atoms with Crippen LogP contribution in [-0.2, 0) is 19.8 Å². The van der Waals surface area contributed by atoms with Crippen LogP contribution in [0.1, 0.15) is 20.3 Å². The van der Waals surface area contributed by atoms with E-state index in [0.717, 1.165) is 0 Å². The van der Waals surface area contributed by atoms with Gasteiger partial charge >= 0.3 is 0 Å². The SMILES string of the molecule is CC(C)N1CC(C(=O)N2CCN(S(=O)(=O)N(C)C)CC2)CC1=O. The second kappa shape index (κ2) is 6.74. The highest BCUT2D eigenvalue weighted by atomic mass is 32.2. The Hall–Kier alpha value is -1.19. The Kier molecular flexibility index (Phi) is 5.32. The van der Waals surface area contributed by atoms with Gasteiger partial charge in [-0.25, -0.2) is 0 Å². The molecule has 2 fully saturated rings. The molecular formula is C14H26N4O4S. The number of likely N-dealkylation sites (tertiary alicyclic amines) is 1. The van der Waals surface area contributed by atoms with Crippen molar-refractivity contribution in [2.45, 2.75) is 26.3 Å². The highest BCUT2D eigenvalue weighted by Crippen LogP contribution is 2.23. The first-order valence-corrected chi connectivity index (χ1v) is 9.30. The molecule has 2 saturated heterocycles. The van der Waals surface area contributed by atoms with Gasteiger partial charge in [0.15, 0.2) is 0 Å². The molecule has 2 rings (SSSR count). The molecule has 1 atom stereocenters. The lowest BCUT2D eigenvalue weighted by Gasteiger charge is -2.36. The summed E-state index contributed by atoms with van der Waals surface area (Å²) in [7, 11) is -0.436. The summed E-state index contributed by atoms with van der Waals surface area (Å²) >= 11 is 0. The highest BCUT2D eigenvalue weighted by molar-refractivity contribution is 7.86. The Labute approximate surface area is 138 Å². The Morgan fingerprint density at radius 1 is 1.17 bits per heavy atom. The van der Waals surface area contributed by atoms with Gasteiger partial charge in [0.1, 0.15) is 0 Å². The molecule has 9 heteroatoms. The maximum Gasteiger partial charge on any atom is 0.281 e. The lowest BCUT2D eigenvalue weighted by molar-refractivity contribution is -0.137. The van der Waals surface area contributed by atoms with Gasteiger partial charge in [-0.05, 0) is 13.8 Å². The van der Waals surface area contributed by atoms with E-state index < -0.39 is 10.2 Å². The summed E-state index contributed by atoms with van der Waals surface area (Å²) in [5, 5.41) is 0. The molecule has 1 unspecified atom stereocenters. The molecule has 8 nitrogen and oxygen atoms in total. The second-order valence-corrected chi connectivity index (χ2v) is 8.70. The predicted molar refractivity (Wildman–Crippen MR) is 85.7 cm³/mol. The first-order chi connectivity index (χ1) is 10.6. The van der Waals surface area contributed by atoms with E-state index in [9.17, 15) is 18.0 Å². The molecule has 2 amide bonds. The Morgan fingerprint density at radius 2 is 1.74 bits per heavy atom. The number of hydrogen-bond acceptors (Lipinski definition) is 4. The van der Waals surface area contributed by atoms with Crippen LogP contribution in [0.2, 0.25) is 0 Å². The van der Waals surface area contributed by atoms with E-state index in [2.05, 4.69) is 0 Å². The molecule has 132 valence electrons. The largest absolute Gasteiger partial charge is 0.340 e. The van der Waals surface area contributed by atoms with Crippen LogP contribution in [0.25, 0.3) is 0 Å². The van der Waals surface area contributed by atoms with Crippen molar-refractivity contribution in [3.63, 3.8) is 0 Å². The van der Waals surface area contributed by atoms with E-state index in [-0.39, 0.29) is 30.2 Å². The predicted octanol–water partition coefficient (Wildman–Crippen LogP) is -0.806. The van der Waals surface area contributed by atoms with Crippen LogP contribution in [0.4, 0.5) is 0 Å². The molecule has 0 aromatic heterocycles. The van der Waals surface area contributed by atoms with Gasteiger partial charge in [0.25, 0.3) is 10.2 Å². The zero-order chi connectivity index (χ0) is 17.4. The normalized spacial score (nSPS) is 24.1. The number of carbonyl (C=O) groups is 2. The minimum atomic E-state index is -3.43. The lowest BCUT2D eigenvalue weighted by atomic mass is 10.1. The van der Waals surface area contributed by atoms with Gasteiger partial charge in [0.2, 0.25) is 11.8 Å². The third-order valence-electron chi connectivity index (χ3n) is 4.47. The third-order valence-corrected chi connectivity index (χ3v) is 6.41. The average Bonchev–Trinajstić information content (AvgIpc) is 2.88. The van der Waals surface area contributed by atoms with Crippen molar-refractivity contribution in [3.8, 4) is 0 Å². The minimum Gasteiger partial charge on any atom is -0.340 e. The van der Waals surface area contributed by atoms with E-state index >= 15 is 0 Å². The zero-order valence-electron chi connectivity index (χ0n) is 14.2. The van der Waals surface area contributed by atoms with Crippen molar-refractivity contribution in [2.75, 3.05) is 46.8 Å². The van der Waals surface area contributed by atoms with E-state index in [1.54, 1.807) is 9.80 Å². The fourth-order valence-corrected chi connectivity index (χ4v) is 4.11. The molecule has 0 aliphatic carbocycles. The van der Waals surface area contributed by atoms with Crippen molar-refractivity contribution >= 4 is 22.0 Å². The first-order valence-electron chi connectivity index (χ1n) is 7.90. The van der Waals surface area contributed by atoms with Gasteiger partial charge in [-0.3, -0.25) is 9.59 Å². The lowest BCUT2D eigenvalue weighted by Crippen LogP contribution is -2.54. The average molecular weight is 346 g/mol. The number of piperazine rings is 1. The van der Waals surface area contributed by atoms with Gasteiger partial charge in [0, 0.05) is 59.3 Å². The number of rotatable bonds is 4. The molecule has 0 aromatic rings. The number of nitrogens with zero attached hydrogens (tertiary/aromatic N) is 4. The summed E-state index contributed by atoms with van der Waals surface area (Å²) in [6.07, 6.45) is 0.257. The Bertz CT molecular complexity index is 567. The van der Waals surface area contributed by atoms with Crippen LogP contribution < -0.4 is 0 Å². The molecule has 0 N–H and O–H groups in total. The summed E-state index contributed by atoms with van der Waals surface area (Å²) in [5.74, 6) is -0.322. The zero-order valence-corrected chi connectivity index (χ0v) is 15.0. The smallest absolute Gasteiger partial charge is 0.281 e. The van der Waals surface area contributed by atoms with Crippen LogP contribution in [0.5, 0.6) is 0 Å². The molecule has 0 bridgehead atoms. The van der Waals surface area contributed by atoms with Crippen molar-refractivity contribution in [1.29, 1.82) is 0 Å². The standard InChI is InChI=1S/C14H26N4O4S/c1-11(2)18-10-12(9-13(18)19)14(20)16-5-7-17(8-6-16)23(21,22)15(3)4/h11-12H,5-10H2,1-4H3. The molecule has 2 heterocycles. The molecule has 0 spiro atoms. The van der Waals surface area contributed by atoms with Crippen molar-refractivity contribution in [2.24, 2.45) is 5.92 Å². The van der Waals surface area contributed by atoms with Gasteiger partial charge < -0.3 is 9.80 Å². The summed E-state index contributed by atoms with van der Waals surface area (Å²) in [4.78, 5) is 27.9. The van der Waals surface area contributed by atoms with Crippen LogP contribution in [0.15, 0.2) is 0 Å². The monoisotopic (exact) mass is 346 g/mol. The van der Waals surface area contributed by atoms with Crippen molar-refractivity contribution in [1.82, 2.24) is 18.4 Å². The summed E-state index contributed by atoms with van der Waals surface area (Å²) in [5.41, 5.74) is 0. The fraction of sp³-hybridized carbons (Fsp3) is 0.857. The van der Waals surface area contributed by atoms with Gasteiger partial charge in [-0.15, -0.1) is 0 Å². The van der Waals surface area contributed by atoms with E-state index in [1.807, 2.05) is 13.8 Å². The van der Waals surface area contributed by atoms with E-state index in [4.69, 9.17) is 0 Å². The Balaban J connectivity index is 1.93.